The van der Waals surface area contributed by atoms with E-state index in [2.05, 4.69) is 17.6 Å². The van der Waals surface area contributed by atoms with Crippen molar-refractivity contribution in [2.45, 2.75) is 46.1 Å². The van der Waals surface area contributed by atoms with Crippen LogP contribution in [0.5, 0.6) is 0 Å². The molecule has 174 valence electrons. The van der Waals surface area contributed by atoms with Gasteiger partial charge in [-0.05, 0) is 49.8 Å². The van der Waals surface area contributed by atoms with Gasteiger partial charge in [-0.25, -0.2) is 0 Å². The molecule has 0 spiro atoms. The Balaban J connectivity index is 1.98. The average molecular weight is 442 g/mol. The number of amides is 3. The highest BCUT2D eigenvalue weighted by Gasteiger charge is 2.56. The minimum absolute atomic E-state index is 0.0364. The van der Waals surface area contributed by atoms with Crippen LogP contribution in [-0.2, 0) is 14.4 Å². The number of allylic oxidation sites excluding steroid dienone is 1. The molecule has 1 aliphatic heterocycles. The summed E-state index contributed by atoms with van der Waals surface area (Å²) in [6.45, 7) is 6.16. The predicted octanol–water partition coefficient (Wildman–Crippen LogP) is 2.42. The van der Waals surface area contributed by atoms with Gasteiger partial charge in [0.15, 0.2) is 0 Å². The Bertz CT molecular complexity index is 897. The number of aliphatic hydroxyl groups is 1. The van der Waals surface area contributed by atoms with E-state index in [1.807, 2.05) is 44.2 Å². The maximum atomic E-state index is 13.6. The van der Waals surface area contributed by atoms with E-state index in [0.29, 0.717) is 6.42 Å². The van der Waals surface area contributed by atoms with Gasteiger partial charge in [0, 0.05) is 31.8 Å². The molecule has 2 aliphatic rings. The van der Waals surface area contributed by atoms with E-state index in [9.17, 15) is 19.5 Å². The third-order valence-corrected chi connectivity index (χ3v) is 6.76. The number of hydrogen-bond acceptors (Lipinski definition) is 4. The van der Waals surface area contributed by atoms with Gasteiger partial charge in [0.1, 0.15) is 6.04 Å². The summed E-state index contributed by atoms with van der Waals surface area (Å²) in [5, 5.41) is 15.1. The van der Waals surface area contributed by atoms with Gasteiger partial charge in [0.05, 0.1) is 11.8 Å². The molecule has 0 saturated carbocycles. The van der Waals surface area contributed by atoms with E-state index in [4.69, 9.17) is 0 Å². The maximum Gasteiger partial charge on any atom is 0.247 e. The Morgan fingerprint density at radius 1 is 1.16 bits per heavy atom. The summed E-state index contributed by atoms with van der Waals surface area (Å²) in [6, 6.07) is 5.14. The SMILES string of the molecule is CCC[C@@H]1C=C[C@H]2[C@H](C(=O)N(CCCO)[C@@H]2C(=O)Nc2cc(C)ccc2C)[C@@H]1C(=O)NC. The molecule has 3 N–H and O–H groups in total. The van der Waals surface area contributed by atoms with Crippen molar-refractivity contribution in [1.29, 1.82) is 0 Å². The summed E-state index contributed by atoms with van der Waals surface area (Å²) in [6.07, 6.45) is 6.07. The first kappa shape index (κ1) is 24.0. The van der Waals surface area contributed by atoms with Crippen LogP contribution in [-0.4, -0.2) is 54.0 Å². The van der Waals surface area contributed by atoms with Crippen LogP contribution in [0.4, 0.5) is 5.69 Å². The van der Waals surface area contributed by atoms with Crippen molar-refractivity contribution >= 4 is 23.4 Å². The van der Waals surface area contributed by atoms with Gasteiger partial charge >= 0.3 is 0 Å². The highest BCUT2D eigenvalue weighted by atomic mass is 16.3. The number of nitrogens with zero attached hydrogens (tertiary/aromatic N) is 1. The van der Waals surface area contributed by atoms with Crippen LogP contribution < -0.4 is 10.6 Å². The zero-order chi connectivity index (χ0) is 23.4. The standard InChI is InChI=1S/C25H35N3O4/c1-5-7-17-10-11-18-21(20(17)23(30)26-4)25(32)28(12-6-13-29)22(18)24(31)27-19-14-15(2)8-9-16(19)3/h8-11,14,17-18,20-22,29H,5-7,12-13H2,1-4H3,(H,26,30)(H,27,31)/t17-,18+,20-,21+,22+/m1/s1. The molecule has 0 unspecified atom stereocenters. The number of carbonyl (C=O) groups is 3. The molecule has 1 aliphatic carbocycles. The van der Waals surface area contributed by atoms with Gasteiger partial charge < -0.3 is 20.6 Å². The zero-order valence-corrected chi connectivity index (χ0v) is 19.4. The Morgan fingerprint density at radius 2 is 1.91 bits per heavy atom. The lowest BCUT2D eigenvalue weighted by molar-refractivity contribution is -0.140. The number of anilines is 1. The van der Waals surface area contributed by atoms with Crippen LogP contribution in [0.25, 0.3) is 0 Å². The number of carbonyl (C=O) groups excluding carboxylic acids is 3. The highest BCUT2D eigenvalue weighted by Crippen LogP contribution is 2.45. The second kappa shape index (κ2) is 10.3. The van der Waals surface area contributed by atoms with E-state index < -0.39 is 17.9 Å². The fraction of sp³-hybridized carbons (Fsp3) is 0.560. The van der Waals surface area contributed by atoms with Gasteiger partial charge in [0.25, 0.3) is 0 Å². The van der Waals surface area contributed by atoms with Crippen molar-refractivity contribution in [3.63, 3.8) is 0 Å². The Kier molecular flexibility index (Phi) is 7.72. The summed E-state index contributed by atoms with van der Waals surface area (Å²) >= 11 is 0. The fourth-order valence-electron chi connectivity index (χ4n) is 5.19. The number of nitrogens with one attached hydrogen (secondary N) is 2. The van der Waals surface area contributed by atoms with Gasteiger partial charge in [-0.3, -0.25) is 14.4 Å². The molecule has 0 aromatic heterocycles. The summed E-state index contributed by atoms with van der Waals surface area (Å²) in [5.74, 6) is -2.10. The van der Waals surface area contributed by atoms with Gasteiger partial charge in [-0.1, -0.05) is 37.6 Å². The second-order valence-electron chi connectivity index (χ2n) is 8.94. The number of aryl methyl sites for hydroxylation is 2. The number of benzene rings is 1. The maximum absolute atomic E-state index is 13.6. The number of aliphatic hydroxyl groups excluding tert-OH is 1. The van der Waals surface area contributed by atoms with Crippen LogP contribution in [0.2, 0.25) is 0 Å². The van der Waals surface area contributed by atoms with E-state index in [0.717, 1.165) is 29.7 Å². The van der Waals surface area contributed by atoms with Gasteiger partial charge in [0.2, 0.25) is 17.7 Å². The van der Waals surface area contributed by atoms with Crippen molar-refractivity contribution in [3.05, 3.63) is 41.5 Å². The molecular weight excluding hydrogens is 406 g/mol. The lowest BCUT2D eigenvalue weighted by Gasteiger charge is -2.34. The summed E-state index contributed by atoms with van der Waals surface area (Å²) in [7, 11) is 1.59. The molecule has 0 radical (unpaired) electrons. The molecule has 3 rings (SSSR count). The molecule has 32 heavy (non-hydrogen) atoms. The molecule has 7 nitrogen and oxygen atoms in total. The molecular formula is C25H35N3O4. The molecule has 1 fully saturated rings. The minimum Gasteiger partial charge on any atom is -0.396 e. The normalized spacial score (nSPS) is 26.7. The van der Waals surface area contributed by atoms with Crippen molar-refractivity contribution < 1.29 is 19.5 Å². The van der Waals surface area contributed by atoms with Gasteiger partial charge in [-0.2, -0.15) is 0 Å². The second-order valence-corrected chi connectivity index (χ2v) is 8.94. The average Bonchev–Trinajstić information content (AvgIpc) is 3.06. The number of fused-ring (bicyclic) bond motifs is 1. The first-order valence-corrected chi connectivity index (χ1v) is 11.5. The molecule has 1 heterocycles. The number of rotatable bonds is 8. The summed E-state index contributed by atoms with van der Waals surface area (Å²) in [5.41, 5.74) is 2.69. The summed E-state index contributed by atoms with van der Waals surface area (Å²) in [4.78, 5) is 41.5. The molecule has 1 aromatic carbocycles. The lowest BCUT2D eigenvalue weighted by Crippen LogP contribution is -2.45. The van der Waals surface area contributed by atoms with E-state index >= 15 is 0 Å². The molecule has 1 saturated heterocycles. The third kappa shape index (κ3) is 4.58. The largest absolute Gasteiger partial charge is 0.396 e. The smallest absolute Gasteiger partial charge is 0.247 e. The van der Waals surface area contributed by atoms with Crippen LogP contribution in [0.3, 0.4) is 0 Å². The zero-order valence-electron chi connectivity index (χ0n) is 19.4. The van der Waals surface area contributed by atoms with Crippen molar-refractivity contribution in [2.24, 2.45) is 23.7 Å². The van der Waals surface area contributed by atoms with Crippen molar-refractivity contribution in [1.82, 2.24) is 10.2 Å². The predicted molar refractivity (Wildman–Crippen MR) is 124 cm³/mol. The highest BCUT2D eigenvalue weighted by molar-refractivity contribution is 6.02. The van der Waals surface area contributed by atoms with Crippen molar-refractivity contribution in [2.75, 3.05) is 25.5 Å². The Labute approximate surface area is 190 Å². The Hall–Kier alpha value is -2.67. The van der Waals surface area contributed by atoms with Crippen LogP contribution in [0.1, 0.15) is 37.3 Å². The van der Waals surface area contributed by atoms with E-state index in [1.54, 1.807) is 11.9 Å². The fourth-order valence-corrected chi connectivity index (χ4v) is 5.19. The topological polar surface area (TPSA) is 98.7 Å². The minimum atomic E-state index is -0.718. The number of hydrogen-bond donors (Lipinski definition) is 3. The summed E-state index contributed by atoms with van der Waals surface area (Å²) < 4.78 is 0. The molecule has 1 aromatic rings. The van der Waals surface area contributed by atoms with Gasteiger partial charge in [-0.15, -0.1) is 0 Å². The van der Waals surface area contributed by atoms with E-state index in [1.165, 1.54) is 0 Å². The van der Waals surface area contributed by atoms with E-state index in [-0.39, 0.29) is 42.7 Å². The first-order valence-electron chi connectivity index (χ1n) is 11.5. The van der Waals surface area contributed by atoms with Crippen LogP contribution >= 0.6 is 0 Å². The first-order chi connectivity index (χ1) is 15.3. The van der Waals surface area contributed by atoms with Crippen LogP contribution in [0, 0.1) is 37.5 Å². The quantitative estimate of drug-likeness (QED) is 0.540. The van der Waals surface area contributed by atoms with Crippen LogP contribution in [0.15, 0.2) is 30.4 Å². The molecule has 0 bridgehead atoms. The van der Waals surface area contributed by atoms with Crippen molar-refractivity contribution in [3.8, 4) is 0 Å². The number of likely N-dealkylation sites (tertiary alicyclic amines) is 1. The molecule has 5 atom stereocenters. The molecule has 7 heteroatoms. The monoisotopic (exact) mass is 441 g/mol. The lowest BCUT2D eigenvalue weighted by atomic mass is 9.68. The Morgan fingerprint density at radius 3 is 2.56 bits per heavy atom. The molecule has 3 amide bonds. The third-order valence-electron chi connectivity index (χ3n) is 6.76.